The SMILES string of the molecule is Cc1nc(N(C)CCN2CCCC2)ccc1Br. The Bertz CT molecular complexity index is 375. The highest BCUT2D eigenvalue weighted by Gasteiger charge is 2.12. The van der Waals surface area contributed by atoms with Crippen LogP contribution < -0.4 is 4.90 Å². The van der Waals surface area contributed by atoms with Gasteiger partial charge in [0.15, 0.2) is 0 Å². The van der Waals surface area contributed by atoms with Crippen LogP contribution in [0.2, 0.25) is 0 Å². The summed E-state index contributed by atoms with van der Waals surface area (Å²) in [7, 11) is 2.12. The van der Waals surface area contributed by atoms with Crippen LogP contribution in [0.3, 0.4) is 0 Å². The number of hydrogen-bond donors (Lipinski definition) is 0. The van der Waals surface area contributed by atoms with E-state index in [4.69, 9.17) is 0 Å². The molecule has 3 nitrogen and oxygen atoms in total. The van der Waals surface area contributed by atoms with Crippen molar-refractivity contribution in [2.45, 2.75) is 19.8 Å². The summed E-state index contributed by atoms with van der Waals surface area (Å²) in [6.45, 7) is 6.75. The summed E-state index contributed by atoms with van der Waals surface area (Å²) < 4.78 is 1.08. The molecule has 0 bridgehead atoms. The average molecular weight is 298 g/mol. The van der Waals surface area contributed by atoms with Gasteiger partial charge in [0.2, 0.25) is 0 Å². The van der Waals surface area contributed by atoms with Crippen molar-refractivity contribution in [3.05, 3.63) is 22.3 Å². The molecule has 2 heterocycles. The second-order valence-electron chi connectivity index (χ2n) is 4.71. The lowest BCUT2D eigenvalue weighted by Gasteiger charge is -2.22. The molecule has 1 fully saturated rings. The number of likely N-dealkylation sites (tertiary alicyclic amines) is 1. The second-order valence-corrected chi connectivity index (χ2v) is 5.56. The third kappa shape index (κ3) is 3.42. The summed E-state index contributed by atoms with van der Waals surface area (Å²) in [5.41, 5.74) is 1.05. The summed E-state index contributed by atoms with van der Waals surface area (Å²) in [6, 6.07) is 4.14. The number of hydrogen-bond acceptors (Lipinski definition) is 3. The van der Waals surface area contributed by atoms with E-state index in [9.17, 15) is 0 Å². The second kappa shape index (κ2) is 5.83. The standard InChI is InChI=1S/C13H20BrN3/c1-11-12(14)5-6-13(15-11)16(2)9-10-17-7-3-4-8-17/h5-6H,3-4,7-10H2,1-2H3. The Kier molecular flexibility index (Phi) is 4.40. The molecule has 0 unspecified atom stereocenters. The molecular weight excluding hydrogens is 278 g/mol. The van der Waals surface area contributed by atoms with E-state index in [-0.39, 0.29) is 0 Å². The molecule has 94 valence electrons. The van der Waals surface area contributed by atoms with Gasteiger partial charge >= 0.3 is 0 Å². The maximum absolute atomic E-state index is 4.58. The van der Waals surface area contributed by atoms with Crippen LogP contribution >= 0.6 is 15.9 Å². The number of nitrogens with zero attached hydrogens (tertiary/aromatic N) is 3. The molecule has 1 aliphatic heterocycles. The van der Waals surface area contributed by atoms with Gasteiger partial charge in [0.25, 0.3) is 0 Å². The Balaban J connectivity index is 1.89. The normalized spacial score (nSPS) is 16.4. The first kappa shape index (κ1) is 12.8. The summed E-state index contributed by atoms with van der Waals surface area (Å²) in [5, 5.41) is 0. The van der Waals surface area contributed by atoms with Crippen LogP contribution in [0.15, 0.2) is 16.6 Å². The van der Waals surface area contributed by atoms with E-state index in [2.05, 4.69) is 49.9 Å². The summed E-state index contributed by atoms with van der Waals surface area (Å²) in [4.78, 5) is 9.34. The van der Waals surface area contributed by atoms with E-state index in [1.807, 2.05) is 6.92 Å². The fraction of sp³-hybridized carbons (Fsp3) is 0.615. The first-order valence-electron chi connectivity index (χ1n) is 6.23. The molecule has 1 aromatic rings. The number of likely N-dealkylation sites (N-methyl/N-ethyl adjacent to an activating group) is 1. The van der Waals surface area contributed by atoms with Crippen molar-refractivity contribution in [3.8, 4) is 0 Å². The molecule has 0 spiro atoms. The van der Waals surface area contributed by atoms with E-state index in [1.165, 1.54) is 25.9 Å². The van der Waals surface area contributed by atoms with E-state index in [1.54, 1.807) is 0 Å². The van der Waals surface area contributed by atoms with Crippen molar-refractivity contribution in [2.24, 2.45) is 0 Å². The Morgan fingerprint density at radius 1 is 1.35 bits per heavy atom. The van der Waals surface area contributed by atoms with Crippen molar-refractivity contribution < 1.29 is 0 Å². The van der Waals surface area contributed by atoms with Crippen LogP contribution in [0.25, 0.3) is 0 Å². The minimum Gasteiger partial charge on any atom is -0.358 e. The summed E-state index contributed by atoms with van der Waals surface area (Å²) in [6.07, 6.45) is 2.72. The quantitative estimate of drug-likeness (QED) is 0.852. The Hall–Kier alpha value is -0.610. The topological polar surface area (TPSA) is 19.4 Å². The highest BCUT2D eigenvalue weighted by molar-refractivity contribution is 9.10. The van der Waals surface area contributed by atoms with Crippen LogP contribution in [0.1, 0.15) is 18.5 Å². The highest BCUT2D eigenvalue weighted by atomic mass is 79.9. The fourth-order valence-electron chi connectivity index (χ4n) is 2.16. The van der Waals surface area contributed by atoms with Gasteiger partial charge in [-0.05, 0) is 60.9 Å². The Morgan fingerprint density at radius 2 is 2.06 bits per heavy atom. The predicted molar refractivity (Wildman–Crippen MR) is 75.6 cm³/mol. The van der Waals surface area contributed by atoms with Crippen molar-refractivity contribution >= 4 is 21.7 Å². The molecular formula is C13H20BrN3. The van der Waals surface area contributed by atoms with Gasteiger partial charge in [-0.25, -0.2) is 4.98 Å². The molecule has 1 saturated heterocycles. The molecule has 4 heteroatoms. The van der Waals surface area contributed by atoms with Crippen LogP contribution in [-0.4, -0.2) is 43.1 Å². The van der Waals surface area contributed by atoms with Gasteiger partial charge in [-0.15, -0.1) is 0 Å². The number of anilines is 1. The van der Waals surface area contributed by atoms with Gasteiger partial charge in [0, 0.05) is 24.6 Å². The first-order valence-corrected chi connectivity index (χ1v) is 7.03. The number of pyridine rings is 1. The third-order valence-electron chi connectivity index (χ3n) is 3.35. The van der Waals surface area contributed by atoms with Gasteiger partial charge in [0.05, 0.1) is 5.69 Å². The average Bonchev–Trinajstić information content (AvgIpc) is 2.82. The molecule has 0 amide bonds. The lowest BCUT2D eigenvalue weighted by atomic mass is 10.3. The van der Waals surface area contributed by atoms with Gasteiger partial charge in [0.1, 0.15) is 5.82 Å². The lowest BCUT2D eigenvalue weighted by molar-refractivity contribution is 0.346. The molecule has 2 rings (SSSR count). The maximum Gasteiger partial charge on any atom is 0.128 e. The molecule has 0 N–H and O–H groups in total. The number of aromatic nitrogens is 1. The van der Waals surface area contributed by atoms with E-state index in [0.29, 0.717) is 0 Å². The lowest BCUT2D eigenvalue weighted by Crippen LogP contribution is -2.31. The zero-order valence-corrected chi connectivity index (χ0v) is 12.2. The monoisotopic (exact) mass is 297 g/mol. The van der Waals surface area contributed by atoms with Crippen molar-refractivity contribution in [1.29, 1.82) is 0 Å². The zero-order chi connectivity index (χ0) is 12.3. The van der Waals surface area contributed by atoms with Crippen LogP contribution in [0.5, 0.6) is 0 Å². The van der Waals surface area contributed by atoms with E-state index < -0.39 is 0 Å². The largest absolute Gasteiger partial charge is 0.358 e. The van der Waals surface area contributed by atoms with Crippen LogP contribution in [-0.2, 0) is 0 Å². The molecule has 0 radical (unpaired) electrons. The Labute approximate surface area is 112 Å². The highest BCUT2D eigenvalue weighted by Crippen LogP contribution is 2.18. The summed E-state index contributed by atoms with van der Waals surface area (Å²) in [5.74, 6) is 1.06. The molecule has 0 aliphatic carbocycles. The number of aryl methyl sites for hydroxylation is 1. The van der Waals surface area contributed by atoms with Crippen LogP contribution in [0, 0.1) is 6.92 Å². The zero-order valence-electron chi connectivity index (χ0n) is 10.6. The van der Waals surface area contributed by atoms with E-state index >= 15 is 0 Å². The van der Waals surface area contributed by atoms with Crippen molar-refractivity contribution in [2.75, 3.05) is 38.1 Å². The first-order chi connectivity index (χ1) is 8.16. The molecule has 0 saturated carbocycles. The van der Waals surface area contributed by atoms with E-state index in [0.717, 1.165) is 29.1 Å². The van der Waals surface area contributed by atoms with Gasteiger partial charge in [-0.3, -0.25) is 0 Å². The minimum absolute atomic E-state index is 1.05. The molecule has 0 aromatic carbocycles. The summed E-state index contributed by atoms with van der Waals surface area (Å²) >= 11 is 3.48. The number of halogens is 1. The molecule has 1 aliphatic rings. The van der Waals surface area contributed by atoms with Gasteiger partial charge in [-0.1, -0.05) is 0 Å². The third-order valence-corrected chi connectivity index (χ3v) is 4.19. The van der Waals surface area contributed by atoms with Crippen molar-refractivity contribution in [1.82, 2.24) is 9.88 Å². The number of rotatable bonds is 4. The smallest absolute Gasteiger partial charge is 0.128 e. The predicted octanol–water partition coefficient (Wildman–Crippen LogP) is 2.68. The Morgan fingerprint density at radius 3 is 2.71 bits per heavy atom. The minimum atomic E-state index is 1.05. The molecule has 1 aromatic heterocycles. The van der Waals surface area contributed by atoms with Crippen LogP contribution in [0.4, 0.5) is 5.82 Å². The molecule has 0 atom stereocenters. The fourth-order valence-corrected chi connectivity index (χ4v) is 2.38. The van der Waals surface area contributed by atoms with Gasteiger partial charge in [-0.2, -0.15) is 0 Å². The maximum atomic E-state index is 4.58. The molecule has 17 heavy (non-hydrogen) atoms. The van der Waals surface area contributed by atoms with Gasteiger partial charge < -0.3 is 9.80 Å². The van der Waals surface area contributed by atoms with Crippen molar-refractivity contribution in [3.63, 3.8) is 0 Å².